The second kappa shape index (κ2) is 10.5. The fourth-order valence-corrected chi connectivity index (χ4v) is 3.55. The summed E-state index contributed by atoms with van der Waals surface area (Å²) in [6.45, 7) is 4.42. The van der Waals surface area contributed by atoms with Gasteiger partial charge in [-0.2, -0.15) is 17.0 Å². The van der Waals surface area contributed by atoms with E-state index in [1.165, 1.54) is 0 Å². The van der Waals surface area contributed by atoms with Gasteiger partial charge < -0.3 is 5.32 Å². The van der Waals surface area contributed by atoms with Crippen molar-refractivity contribution in [1.82, 2.24) is 5.32 Å². The molecule has 0 bridgehead atoms. The van der Waals surface area contributed by atoms with E-state index in [4.69, 9.17) is 5.26 Å². The number of nitriles is 1. The SMILES string of the molecule is Cc1ccc(C)c(C(=O)CCC(=O)NCCSCc2ccccc2C#N)c1. The molecule has 1 amide bonds. The summed E-state index contributed by atoms with van der Waals surface area (Å²) in [5.74, 6) is 1.40. The van der Waals surface area contributed by atoms with Gasteiger partial charge in [0.15, 0.2) is 5.78 Å². The Morgan fingerprint density at radius 3 is 2.67 bits per heavy atom. The van der Waals surface area contributed by atoms with Gasteiger partial charge >= 0.3 is 0 Å². The third-order valence-corrected chi connectivity index (χ3v) is 5.24. The van der Waals surface area contributed by atoms with E-state index < -0.39 is 0 Å². The molecular weight excluding hydrogens is 356 g/mol. The molecule has 0 saturated carbocycles. The average Bonchev–Trinajstić information content (AvgIpc) is 2.68. The van der Waals surface area contributed by atoms with E-state index in [1.54, 1.807) is 11.8 Å². The highest BCUT2D eigenvalue weighted by Crippen LogP contribution is 2.16. The molecule has 2 rings (SSSR count). The van der Waals surface area contributed by atoms with Crippen molar-refractivity contribution >= 4 is 23.5 Å². The summed E-state index contributed by atoms with van der Waals surface area (Å²) in [5, 5.41) is 11.9. The van der Waals surface area contributed by atoms with Crippen LogP contribution >= 0.6 is 11.8 Å². The van der Waals surface area contributed by atoms with E-state index in [0.717, 1.165) is 28.2 Å². The molecule has 0 spiro atoms. The molecule has 4 nitrogen and oxygen atoms in total. The first-order valence-electron chi connectivity index (χ1n) is 8.94. The molecule has 0 unspecified atom stereocenters. The van der Waals surface area contributed by atoms with E-state index in [0.29, 0.717) is 17.7 Å². The smallest absolute Gasteiger partial charge is 0.220 e. The molecular formula is C22H24N2O2S. The molecule has 0 aliphatic carbocycles. The lowest BCUT2D eigenvalue weighted by atomic mass is 9.99. The molecule has 1 N–H and O–H groups in total. The van der Waals surface area contributed by atoms with Gasteiger partial charge in [-0.3, -0.25) is 9.59 Å². The third-order valence-electron chi connectivity index (χ3n) is 4.24. The van der Waals surface area contributed by atoms with Crippen molar-refractivity contribution < 1.29 is 9.59 Å². The normalized spacial score (nSPS) is 10.3. The molecule has 5 heteroatoms. The second-order valence-corrected chi connectivity index (χ2v) is 7.52. The van der Waals surface area contributed by atoms with E-state index in [1.807, 2.05) is 56.3 Å². The van der Waals surface area contributed by atoms with Crippen molar-refractivity contribution in [2.24, 2.45) is 0 Å². The average molecular weight is 381 g/mol. The zero-order chi connectivity index (χ0) is 19.6. The molecule has 0 saturated heterocycles. The Morgan fingerprint density at radius 1 is 1.11 bits per heavy atom. The van der Waals surface area contributed by atoms with Gasteiger partial charge in [0.05, 0.1) is 11.6 Å². The van der Waals surface area contributed by atoms with Crippen molar-refractivity contribution in [3.05, 3.63) is 70.3 Å². The first-order chi connectivity index (χ1) is 13.0. The van der Waals surface area contributed by atoms with Crippen molar-refractivity contribution in [3.8, 4) is 6.07 Å². The Morgan fingerprint density at radius 2 is 1.89 bits per heavy atom. The van der Waals surface area contributed by atoms with Crippen molar-refractivity contribution in [2.45, 2.75) is 32.4 Å². The quantitative estimate of drug-likeness (QED) is 0.523. The number of amides is 1. The largest absolute Gasteiger partial charge is 0.355 e. The molecule has 27 heavy (non-hydrogen) atoms. The summed E-state index contributed by atoms with van der Waals surface area (Å²) in [6, 6.07) is 15.5. The van der Waals surface area contributed by atoms with Crippen LogP contribution in [-0.2, 0) is 10.5 Å². The Bertz CT molecular complexity index is 856. The van der Waals surface area contributed by atoms with Crippen LogP contribution in [0, 0.1) is 25.2 Å². The van der Waals surface area contributed by atoms with Gasteiger partial charge in [0, 0.05) is 36.5 Å². The zero-order valence-electron chi connectivity index (χ0n) is 15.7. The summed E-state index contributed by atoms with van der Waals surface area (Å²) < 4.78 is 0. The van der Waals surface area contributed by atoms with Gasteiger partial charge in [-0.05, 0) is 37.1 Å². The minimum Gasteiger partial charge on any atom is -0.355 e. The van der Waals surface area contributed by atoms with Gasteiger partial charge in [0.1, 0.15) is 0 Å². The molecule has 0 aromatic heterocycles. The topological polar surface area (TPSA) is 70.0 Å². The molecule has 0 heterocycles. The van der Waals surface area contributed by atoms with E-state index in [-0.39, 0.29) is 24.5 Å². The molecule has 140 valence electrons. The number of thioether (sulfide) groups is 1. The lowest BCUT2D eigenvalue weighted by Gasteiger charge is -2.08. The van der Waals surface area contributed by atoms with Crippen LogP contribution in [0.15, 0.2) is 42.5 Å². The maximum absolute atomic E-state index is 12.3. The molecule has 2 aromatic carbocycles. The van der Waals surface area contributed by atoms with E-state index in [2.05, 4.69) is 11.4 Å². The van der Waals surface area contributed by atoms with Crippen LogP contribution in [0.25, 0.3) is 0 Å². The first kappa shape index (κ1) is 20.7. The van der Waals surface area contributed by atoms with Gasteiger partial charge in [-0.1, -0.05) is 35.9 Å². The summed E-state index contributed by atoms with van der Waals surface area (Å²) >= 11 is 1.67. The van der Waals surface area contributed by atoms with Crippen LogP contribution in [0.2, 0.25) is 0 Å². The fourth-order valence-electron chi connectivity index (χ4n) is 2.69. The molecule has 0 aliphatic heterocycles. The number of ketones is 1. The number of nitrogens with one attached hydrogen (secondary N) is 1. The van der Waals surface area contributed by atoms with E-state index in [9.17, 15) is 9.59 Å². The number of nitrogens with zero attached hydrogens (tertiary/aromatic N) is 1. The zero-order valence-corrected chi connectivity index (χ0v) is 16.6. The summed E-state index contributed by atoms with van der Waals surface area (Å²) in [7, 11) is 0. The third kappa shape index (κ3) is 6.58. The summed E-state index contributed by atoms with van der Waals surface area (Å²) in [6.07, 6.45) is 0.424. The number of Topliss-reactive ketones (excluding diaryl/α,β-unsaturated/α-hetero) is 1. The number of carbonyl (C=O) groups excluding carboxylic acids is 2. The summed E-state index contributed by atoms with van der Waals surface area (Å²) in [4.78, 5) is 24.3. The minimum absolute atomic E-state index is 0.00818. The van der Waals surface area contributed by atoms with Gasteiger partial charge in [0.2, 0.25) is 5.91 Å². The predicted molar refractivity (Wildman–Crippen MR) is 110 cm³/mol. The maximum atomic E-state index is 12.3. The van der Waals surface area contributed by atoms with Crippen LogP contribution in [-0.4, -0.2) is 24.0 Å². The number of hydrogen-bond donors (Lipinski definition) is 1. The second-order valence-electron chi connectivity index (χ2n) is 6.41. The lowest BCUT2D eigenvalue weighted by molar-refractivity contribution is -0.120. The number of hydrogen-bond acceptors (Lipinski definition) is 4. The first-order valence-corrected chi connectivity index (χ1v) is 10.1. The minimum atomic E-state index is -0.105. The van der Waals surface area contributed by atoms with Gasteiger partial charge in [0.25, 0.3) is 0 Å². The Kier molecular flexibility index (Phi) is 8.09. The predicted octanol–water partition coefficient (Wildman–Crippen LogP) is 4.19. The Labute approximate surface area is 165 Å². The highest BCUT2D eigenvalue weighted by Gasteiger charge is 2.11. The fraction of sp³-hybridized carbons (Fsp3) is 0.318. The number of carbonyl (C=O) groups is 2. The van der Waals surface area contributed by atoms with E-state index >= 15 is 0 Å². The highest BCUT2D eigenvalue weighted by molar-refractivity contribution is 7.98. The molecule has 0 atom stereocenters. The van der Waals surface area contributed by atoms with Gasteiger partial charge in [-0.15, -0.1) is 0 Å². The number of aryl methyl sites for hydroxylation is 2. The van der Waals surface area contributed by atoms with Crippen LogP contribution in [0.3, 0.4) is 0 Å². The summed E-state index contributed by atoms with van der Waals surface area (Å²) in [5.41, 5.74) is 4.40. The van der Waals surface area contributed by atoms with Crippen LogP contribution in [0.5, 0.6) is 0 Å². The Balaban J connectivity index is 1.67. The standard InChI is InChI=1S/C22H24N2O2S/c1-16-7-8-17(2)20(13-16)21(25)9-10-22(26)24-11-12-27-15-19-6-4-3-5-18(19)14-23/h3-8,13H,9-12,15H2,1-2H3,(H,24,26). The van der Waals surface area contributed by atoms with Gasteiger partial charge in [-0.25, -0.2) is 0 Å². The molecule has 2 aromatic rings. The molecule has 0 fully saturated rings. The monoisotopic (exact) mass is 380 g/mol. The highest BCUT2D eigenvalue weighted by atomic mass is 32.2. The van der Waals surface area contributed by atoms with Crippen LogP contribution in [0.4, 0.5) is 0 Å². The van der Waals surface area contributed by atoms with Crippen LogP contribution < -0.4 is 5.32 Å². The Hall–Kier alpha value is -2.58. The molecule has 0 aliphatic rings. The number of rotatable bonds is 9. The lowest BCUT2D eigenvalue weighted by Crippen LogP contribution is -2.26. The molecule has 0 radical (unpaired) electrons. The van der Waals surface area contributed by atoms with Crippen molar-refractivity contribution in [1.29, 1.82) is 5.26 Å². The number of benzene rings is 2. The maximum Gasteiger partial charge on any atom is 0.220 e. The van der Waals surface area contributed by atoms with Crippen molar-refractivity contribution in [2.75, 3.05) is 12.3 Å². The van der Waals surface area contributed by atoms with Crippen molar-refractivity contribution in [3.63, 3.8) is 0 Å². The van der Waals surface area contributed by atoms with Crippen LogP contribution in [0.1, 0.15) is 45.5 Å².